The predicted octanol–water partition coefficient (Wildman–Crippen LogP) is 17.3. The lowest BCUT2D eigenvalue weighted by atomic mass is 9.59. The second-order valence-corrected chi connectivity index (χ2v) is 22.1. The van der Waals surface area contributed by atoms with Crippen molar-refractivity contribution < 1.29 is 0 Å². The molecule has 0 saturated carbocycles. The van der Waals surface area contributed by atoms with Crippen molar-refractivity contribution in [2.75, 3.05) is 4.90 Å². The molecule has 0 aliphatic heterocycles. The van der Waals surface area contributed by atoms with Gasteiger partial charge < -0.3 is 4.90 Å². The molecule has 6 aromatic carbocycles. The van der Waals surface area contributed by atoms with E-state index in [9.17, 15) is 0 Å². The summed E-state index contributed by atoms with van der Waals surface area (Å²) in [5.41, 5.74) is 23.0. The summed E-state index contributed by atoms with van der Waals surface area (Å²) in [5, 5.41) is 0. The van der Waals surface area contributed by atoms with Gasteiger partial charge in [0.2, 0.25) is 0 Å². The third kappa shape index (κ3) is 6.98. The number of nitrogens with zero attached hydrogens (tertiary/aromatic N) is 1. The molecule has 0 N–H and O–H groups in total. The van der Waals surface area contributed by atoms with Gasteiger partial charge >= 0.3 is 0 Å². The van der Waals surface area contributed by atoms with Gasteiger partial charge in [-0.15, -0.1) is 0 Å². The molecule has 0 saturated heterocycles. The quantitative estimate of drug-likeness (QED) is 0.154. The van der Waals surface area contributed by atoms with Crippen LogP contribution >= 0.6 is 0 Å². The monoisotopic (exact) mass is 869 g/mol. The van der Waals surface area contributed by atoms with Crippen molar-refractivity contribution >= 4 is 33.8 Å². The third-order valence-electron chi connectivity index (χ3n) is 15.6. The zero-order valence-electron chi connectivity index (χ0n) is 40.7. The summed E-state index contributed by atoms with van der Waals surface area (Å²) in [7, 11) is 0. The van der Waals surface area contributed by atoms with E-state index >= 15 is 0 Å². The SMILES string of the molecule is CC(C)(C)c1cc2c(c(C(C)(C)C)c1)C(c1ccccc1)(c1ccccc1)C1=C2C=CCC1c1c#cc(N(c2ccc(C3=CCCC=C3)cc2)c2ccc3c(c2)C(C)(C)C2=C3C=CCC2)cc1. The van der Waals surface area contributed by atoms with Crippen LogP contribution in [0, 0.1) is 12.1 Å². The molecule has 1 atom stereocenters. The topological polar surface area (TPSA) is 3.24 Å². The second-order valence-electron chi connectivity index (χ2n) is 22.1. The third-order valence-corrected chi connectivity index (χ3v) is 15.6. The van der Waals surface area contributed by atoms with Crippen molar-refractivity contribution in [2.45, 2.75) is 115 Å². The van der Waals surface area contributed by atoms with Crippen LogP contribution in [0.3, 0.4) is 0 Å². The first-order valence-corrected chi connectivity index (χ1v) is 24.7. The van der Waals surface area contributed by atoms with E-state index in [-0.39, 0.29) is 22.2 Å². The van der Waals surface area contributed by atoms with E-state index < -0.39 is 5.41 Å². The summed E-state index contributed by atoms with van der Waals surface area (Å²) in [6, 6.07) is 56.5. The average Bonchev–Trinajstić information content (AvgIpc) is 3.78. The summed E-state index contributed by atoms with van der Waals surface area (Å²) >= 11 is 0. The number of anilines is 3. The van der Waals surface area contributed by atoms with E-state index in [1.807, 2.05) is 0 Å². The number of hydrogen-bond donors (Lipinski definition) is 0. The van der Waals surface area contributed by atoms with Gasteiger partial charge in [0.25, 0.3) is 0 Å². The molecule has 332 valence electrons. The van der Waals surface area contributed by atoms with Crippen molar-refractivity contribution in [1.29, 1.82) is 0 Å². The zero-order valence-corrected chi connectivity index (χ0v) is 40.7. The van der Waals surface area contributed by atoms with Gasteiger partial charge in [0.05, 0.1) is 11.1 Å². The minimum Gasteiger partial charge on any atom is -0.303 e. The van der Waals surface area contributed by atoms with E-state index in [2.05, 4.69) is 242 Å². The Hall–Kier alpha value is -6.62. The van der Waals surface area contributed by atoms with Crippen LogP contribution < -0.4 is 4.90 Å². The van der Waals surface area contributed by atoms with Crippen molar-refractivity contribution in [3.8, 4) is 0 Å². The van der Waals surface area contributed by atoms with E-state index in [0.717, 1.165) is 49.2 Å². The molecule has 0 aromatic heterocycles. The zero-order chi connectivity index (χ0) is 46.3. The van der Waals surface area contributed by atoms with Gasteiger partial charge in [-0.3, -0.25) is 0 Å². The highest BCUT2D eigenvalue weighted by atomic mass is 15.1. The number of allylic oxidation sites excluding steroid dienone is 12. The van der Waals surface area contributed by atoms with Gasteiger partial charge in [0.15, 0.2) is 0 Å². The molecule has 1 unspecified atom stereocenters. The van der Waals surface area contributed by atoms with Crippen LogP contribution in [0.15, 0.2) is 181 Å². The van der Waals surface area contributed by atoms with Crippen LogP contribution in [0.2, 0.25) is 0 Å². The highest BCUT2D eigenvalue weighted by Gasteiger charge is 2.53. The molecule has 5 aliphatic rings. The summed E-state index contributed by atoms with van der Waals surface area (Å²) < 4.78 is 0. The highest BCUT2D eigenvalue weighted by Crippen LogP contribution is 2.63. The van der Waals surface area contributed by atoms with Crippen molar-refractivity contribution in [3.63, 3.8) is 0 Å². The van der Waals surface area contributed by atoms with Crippen LogP contribution in [0.5, 0.6) is 0 Å². The molecule has 0 bridgehead atoms. The molecule has 0 radical (unpaired) electrons. The minimum absolute atomic E-state index is 0.0191. The molecule has 0 fully saturated rings. The fourth-order valence-electron chi connectivity index (χ4n) is 12.2. The van der Waals surface area contributed by atoms with Gasteiger partial charge in [-0.05, 0) is 158 Å². The lowest BCUT2D eigenvalue weighted by molar-refractivity contribution is 0.549. The molecule has 67 heavy (non-hydrogen) atoms. The first-order chi connectivity index (χ1) is 32.3. The molecule has 1 heteroatoms. The normalized spacial score (nSPS) is 18.8. The Bertz CT molecular complexity index is 3050. The summed E-state index contributed by atoms with van der Waals surface area (Å²) in [5.74, 6) is 0.0693. The van der Waals surface area contributed by atoms with Crippen LogP contribution in [0.1, 0.15) is 149 Å². The predicted molar refractivity (Wildman–Crippen MR) is 283 cm³/mol. The summed E-state index contributed by atoms with van der Waals surface area (Å²) in [6.45, 7) is 19.1. The minimum atomic E-state index is -0.523. The number of benzene rings is 5. The molecule has 5 aliphatic carbocycles. The maximum absolute atomic E-state index is 3.89. The van der Waals surface area contributed by atoms with E-state index in [1.54, 1.807) is 5.57 Å². The molecule has 0 heterocycles. The van der Waals surface area contributed by atoms with Crippen LogP contribution in [-0.2, 0) is 21.7 Å². The van der Waals surface area contributed by atoms with E-state index in [1.165, 1.54) is 77.9 Å². The van der Waals surface area contributed by atoms with Gasteiger partial charge in [0.1, 0.15) is 0 Å². The molecule has 1 nitrogen and oxygen atoms in total. The Labute approximate surface area is 400 Å². The highest BCUT2D eigenvalue weighted by molar-refractivity contribution is 5.94. The van der Waals surface area contributed by atoms with Crippen LogP contribution in [-0.4, -0.2) is 0 Å². The van der Waals surface area contributed by atoms with Gasteiger partial charge in [-0.25, -0.2) is 0 Å². The van der Waals surface area contributed by atoms with Crippen LogP contribution in [0.4, 0.5) is 17.1 Å². The summed E-state index contributed by atoms with van der Waals surface area (Å²) in [4.78, 5) is 2.40. The largest absolute Gasteiger partial charge is 0.303 e. The molecular weight excluding hydrogens is 807 g/mol. The lowest BCUT2D eigenvalue weighted by Crippen LogP contribution is -2.35. The van der Waals surface area contributed by atoms with Crippen molar-refractivity contribution in [3.05, 3.63) is 249 Å². The molecule has 0 amide bonds. The lowest BCUT2D eigenvalue weighted by Gasteiger charge is -2.42. The Morgan fingerprint density at radius 3 is 1.93 bits per heavy atom. The Kier molecular flexibility index (Phi) is 10.3. The van der Waals surface area contributed by atoms with Crippen molar-refractivity contribution in [2.24, 2.45) is 0 Å². The fraction of sp³-hybridized carbons (Fsp3) is 0.273. The van der Waals surface area contributed by atoms with Gasteiger partial charge in [-0.1, -0.05) is 201 Å². The number of rotatable bonds is 7. The second kappa shape index (κ2) is 16.0. The first-order valence-electron chi connectivity index (χ1n) is 24.7. The van der Waals surface area contributed by atoms with E-state index in [4.69, 9.17) is 0 Å². The Balaban J connectivity index is 1.08. The fourth-order valence-corrected chi connectivity index (χ4v) is 12.2. The van der Waals surface area contributed by atoms with E-state index in [0.29, 0.717) is 0 Å². The smallest absolute Gasteiger partial charge is 0.0973 e. The molecule has 0 spiro atoms. The summed E-state index contributed by atoms with van der Waals surface area (Å²) in [6.07, 6.45) is 21.8. The molecule has 6 aromatic rings. The Morgan fingerprint density at radius 1 is 0.597 bits per heavy atom. The maximum Gasteiger partial charge on any atom is 0.0973 e. The number of fused-ring (bicyclic) bond motifs is 4. The van der Waals surface area contributed by atoms with Gasteiger partial charge in [0, 0.05) is 28.3 Å². The molecular formula is C66H63N. The van der Waals surface area contributed by atoms with Crippen LogP contribution in [0.25, 0.3) is 16.7 Å². The molecule has 11 rings (SSSR count). The van der Waals surface area contributed by atoms with Gasteiger partial charge in [-0.2, -0.15) is 0 Å². The maximum atomic E-state index is 3.89. The average molecular weight is 870 g/mol. The Morgan fingerprint density at radius 2 is 1.28 bits per heavy atom. The number of hydrogen-bond acceptors (Lipinski definition) is 1. The standard InChI is InChI=1S/C66H63N/c1-63(2,3)49-41-57-56-29-20-28-53(61(56)66(47-23-14-10-15-24-47,48-25-16-11-17-26-48)62(57)60(42-49)64(4,5)6)46-33-37-51(38-34-46)67(50-35-31-45(32-36-50)44-21-12-9-13-22-44)52-39-40-55-54-27-18-19-30-58(54)65(7,8)59(55)43-52/h10-12,14-18,20-27,29,31-33,35-37,39-43,53H,9,13,19,28,30H2,1-8H3. The first kappa shape index (κ1) is 43.0. The van der Waals surface area contributed by atoms with Crippen molar-refractivity contribution in [1.82, 2.24) is 0 Å².